The Bertz CT molecular complexity index is 953. The minimum atomic E-state index is -2.74. The molecule has 0 radical (unpaired) electrons. The lowest BCUT2D eigenvalue weighted by Crippen LogP contribution is -2.23. The van der Waals surface area contributed by atoms with Gasteiger partial charge in [-0.1, -0.05) is 12.1 Å². The van der Waals surface area contributed by atoms with E-state index in [4.69, 9.17) is 4.74 Å². The summed E-state index contributed by atoms with van der Waals surface area (Å²) in [7, 11) is 1.42. The van der Waals surface area contributed by atoms with Gasteiger partial charge >= 0.3 is 5.69 Å². The molecule has 2 aromatic heterocycles. The lowest BCUT2D eigenvalue weighted by Gasteiger charge is -2.14. The number of ether oxygens (including phenoxy) is 1. The predicted molar refractivity (Wildman–Crippen MR) is 82.7 cm³/mol. The van der Waals surface area contributed by atoms with Crippen LogP contribution >= 0.6 is 0 Å². The molecule has 0 fully saturated rings. The van der Waals surface area contributed by atoms with Gasteiger partial charge in [-0.25, -0.2) is 23.5 Å². The zero-order valence-corrected chi connectivity index (χ0v) is 13.4. The first-order valence-corrected chi connectivity index (χ1v) is 7.28. The highest BCUT2D eigenvalue weighted by molar-refractivity contribution is 5.45. The van der Waals surface area contributed by atoms with Crippen molar-refractivity contribution in [2.75, 3.05) is 0 Å². The van der Waals surface area contributed by atoms with Gasteiger partial charge in [0.2, 0.25) is 5.88 Å². The molecule has 0 bridgehead atoms. The number of benzene rings is 1. The summed E-state index contributed by atoms with van der Waals surface area (Å²) in [5.41, 5.74) is 0.196. The zero-order chi connectivity index (χ0) is 18.0. The summed E-state index contributed by atoms with van der Waals surface area (Å²) in [6, 6.07) is 5.79. The monoisotopic (exact) mass is 348 g/mol. The topological polar surface area (TPSA) is 87.7 Å². The molecule has 0 aliphatic rings. The van der Waals surface area contributed by atoms with Crippen LogP contribution in [0.25, 0.3) is 5.69 Å². The van der Waals surface area contributed by atoms with Gasteiger partial charge in [-0.05, 0) is 23.4 Å². The molecule has 0 aliphatic carbocycles. The molecule has 0 aliphatic heterocycles. The smallest absolute Gasteiger partial charge is 0.368 e. The van der Waals surface area contributed by atoms with Gasteiger partial charge < -0.3 is 4.74 Å². The first-order chi connectivity index (χ1) is 12.0. The molecule has 0 spiro atoms. The highest BCUT2D eigenvalue weighted by Gasteiger charge is 2.20. The summed E-state index contributed by atoms with van der Waals surface area (Å²) in [6.45, 7) is 1.54. The molecular weight excluding hydrogens is 334 g/mol. The molecule has 0 N–H and O–H groups in total. The maximum absolute atomic E-state index is 13.4. The summed E-state index contributed by atoms with van der Waals surface area (Å²) in [6.07, 6.45) is -1.42. The van der Waals surface area contributed by atoms with Gasteiger partial charge in [0.25, 0.3) is 6.43 Å². The van der Waals surface area contributed by atoms with Crippen molar-refractivity contribution in [1.82, 2.24) is 29.8 Å². The van der Waals surface area contributed by atoms with Crippen molar-refractivity contribution in [3.63, 3.8) is 0 Å². The summed E-state index contributed by atoms with van der Waals surface area (Å²) < 4.78 is 34.3. The Kier molecular flexibility index (Phi) is 4.50. The number of hydrogen-bond donors (Lipinski definition) is 0. The highest BCUT2D eigenvalue weighted by atomic mass is 19.3. The molecule has 0 atom stereocenters. The largest absolute Gasteiger partial charge is 0.473 e. The van der Waals surface area contributed by atoms with E-state index in [9.17, 15) is 13.6 Å². The average molecular weight is 348 g/mol. The van der Waals surface area contributed by atoms with Gasteiger partial charge in [-0.3, -0.25) is 0 Å². The molecule has 25 heavy (non-hydrogen) atoms. The summed E-state index contributed by atoms with van der Waals surface area (Å²) >= 11 is 0. The lowest BCUT2D eigenvalue weighted by atomic mass is 10.1. The Morgan fingerprint density at radius 2 is 2.04 bits per heavy atom. The van der Waals surface area contributed by atoms with Crippen molar-refractivity contribution in [1.29, 1.82) is 0 Å². The molecule has 0 saturated heterocycles. The number of hydrogen-bond acceptors (Lipinski definition) is 6. The second kappa shape index (κ2) is 6.75. The summed E-state index contributed by atoms with van der Waals surface area (Å²) in [5.74, 6) is 0.244. The van der Waals surface area contributed by atoms with Crippen LogP contribution in [0.15, 0.2) is 35.4 Å². The average Bonchev–Trinajstić information content (AvgIpc) is 2.92. The molecule has 0 unspecified atom stereocenters. The van der Waals surface area contributed by atoms with E-state index in [0.29, 0.717) is 5.69 Å². The molecule has 10 heteroatoms. The van der Waals surface area contributed by atoms with Crippen LogP contribution in [0, 0.1) is 6.92 Å². The van der Waals surface area contributed by atoms with Crippen molar-refractivity contribution in [2.24, 2.45) is 7.05 Å². The Balaban J connectivity index is 2.03. The van der Waals surface area contributed by atoms with E-state index in [0.717, 1.165) is 9.36 Å². The number of nitrogens with zero attached hydrogens (tertiary/aromatic N) is 6. The van der Waals surface area contributed by atoms with Gasteiger partial charge in [0.05, 0.1) is 5.69 Å². The SMILES string of the molecule is Cc1cc(OCc2c(C(F)F)cccc2-n2nnn(C)c2=O)ncn1. The second-order valence-electron chi connectivity index (χ2n) is 5.23. The van der Waals surface area contributed by atoms with E-state index < -0.39 is 12.1 Å². The van der Waals surface area contributed by atoms with Crippen LogP contribution in [-0.4, -0.2) is 29.8 Å². The Labute approximate surface area is 140 Å². The number of aromatic nitrogens is 6. The normalized spacial score (nSPS) is 11.1. The number of alkyl halides is 2. The molecule has 1 aromatic carbocycles. The van der Waals surface area contributed by atoms with E-state index in [-0.39, 0.29) is 29.3 Å². The molecule has 3 aromatic rings. The number of halogens is 2. The maximum Gasteiger partial charge on any atom is 0.368 e. The van der Waals surface area contributed by atoms with Crippen LogP contribution in [0.1, 0.15) is 23.2 Å². The van der Waals surface area contributed by atoms with Crippen molar-refractivity contribution >= 4 is 0 Å². The minimum absolute atomic E-state index is 0.136. The van der Waals surface area contributed by atoms with Crippen LogP contribution in [0.5, 0.6) is 5.88 Å². The third-order valence-corrected chi connectivity index (χ3v) is 3.52. The van der Waals surface area contributed by atoms with Crippen molar-refractivity contribution in [2.45, 2.75) is 20.0 Å². The lowest BCUT2D eigenvalue weighted by molar-refractivity contribution is 0.147. The van der Waals surface area contributed by atoms with Crippen LogP contribution in [0.2, 0.25) is 0 Å². The highest BCUT2D eigenvalue weighted by Crippen LogP contribution is 2.28. The molecular formula is C15H14F2N6O2. The summed E-state index contributed by atoms with van der Waals surface area (Å²) in [4.78, 5) is 19.9. The number of tetrazole rings is 1. The fourth-order valence-electron chi connectivity index (χ4n) is 2.27. The van der Waals surface area contributed by atoms with Crippen LogP contribution in [-0.2, 0) is 13.7 Å². The van der Waals surface area contributed by atoms with Crippen LogP contribution in [0.4, 0.5) is 8.78 Å². The van der Waals surface area contributed by atoms with Crippen LogP contribution in [0.3, 0.4) is 0 Å². The molecule has 3 rings (SSSR count). The molecule has 2 heterocycles. The molecule has 130 valence electrons. The van der Waals surface area contributed by atoms with E-state index >= 15 is 0 Å². The van der Waals surface area contributed by atoms with E-state index in [1.807, 2.05) is 0 Å². The number of rotatable bonds is 5. The van der Waals surface area contributed by atoms with Crippen molar-refractivity contribution in [3.05, 3.63) is 57.9 Å². The first kappa shape index (κ1) is 16.7. The number of aryl methyl sites for hydroxylation is 2. The van der Waals surface area contributed by atoms with Gasteiger partial charge in [-0.15, -0.1) is 0 Å². The van der Waals surface area contributed by atoms with Crippen molar-refractivity contribution in [3.8, 4) is 11.6 Å². The summed E-state index contributed by atoms with van der Waals surface area (Å²) in [5, 5.41) is 7.31. The Morgan fingerprint density at radius 1 is 1.24 bits per heavy atom. The fourth-order valence-corrected chi connectivity index (χ4v) is 2.27. The third-order valence-electron chi connectivity index (χ3n) is 3.52. The second-order valence-corrected chi connectivity index (χ2v) is 5.23. The Morgan fingerprint density at radius 3 is 2.68 bits per heavy atom. The predicted octanol–water partition coefficient (Wildman–Crippen LogP) is 1.58. The molecule has 8 nitrogen and oxygen atoms in total. The maximum atomic E-state index is 13.4. The van der Waals surface area contributed by atoms with Gasteiger partial charge in [-0.2, -0.15) is 9.36 Å². The van der Waals surface area contributed by atoms with E-state index in [2.05, 4.69) is 20.4 Å². The van der Waals surface area contributed by atoms with E-state index in [1.54, 1.807) is 13.0 Å². The Hall–Kier alpha value is -3.17. The minimum Gasteiger partial charge on any atom is -0.473 e. The van der Waals surface area contributed by atoms with Crippen molar-refractivity contribution < 1.29 is 13.5 Å². The standard InChI is InChI=1S/C15H14F2N6O2/c1-9-6-13(19-8-18-9)25-7-11-10(14(16)17)4-3-5-12(11)23-15(24)22(2)20-21-23/h3-6,8,14H,7H2,1-2H3. The zero-order valence-electron chi connectivity index (χ0n) is 13.4. The van der Waals surface area contributed by atoms with Gasteiger partial charge in [0.1, 0.15) is 12.9 Å². The van der Waals surface area contributed by atoms with Crippen LogP contribution < -0.4 is 10.4 Å². The first-order valence-electron chi connectivity index (χ1n) is 7.28. The quantitative estimate of drug-likeness (QED) is 0.696. The third kappa shape index (κ3) is 3.37. The molecule has 0 amide bonds. The van der Waals surface area contributed by atoms with Gasteiger partial charge in [0, 0.05) is 29.9 Å². The molecule has 0 saturated carbocycles. The van der Waals surface area contributed by atoms with Gasteiger partial charge in [0.15, 0.2) is 0 Å². The van der Waals surface area contributed by atoms with E-state index in [1.165, 1.54) is 31.6 Å². The fraction of sp³-hybridized carbons (Fsp3) is 0.267.